The van der Waals surface area contributed by atoms with Crippen molar-refractivity contribution in [1.82, 2.24) is 10.2 Å². The molecule has 0 unspecified atom stereocenters. The second-order valence-electron chi connectivity index (χ2n) is 5.62. The van der Waals surface area contributed by atoms with Gasteiger partial charge < -0.3 is 9.84 Å². The lowest BCUT2D eigenvalue weighted by molar-refractivity contribution is 0.0633. The number of nitrogens with one attached hydrogen (secondary N) is 2. The van der Waals surface area contributed by atoms with Crippen LogP contribution in [0.15, 0.2) is 30.3 Å². The largest absolute Gasteiger partial charge is 0.476 e. The molecule has 0 saturated carbocycles. The molecule has 0 bridgehead atoms. The van der Waals surface area contributed by atoms with Gasteiger partial charge in [-0.05, 0) is 26.3 Å². The molecule has 0 atom stereocenters. The highest BCUT2D eigenvalue weighted by molar-refractivity contribution is 6.00. The van der Waals surface area contributed by atoms with Crippen molar-refractivity contribution in [2.24, 2.45) is 0 Å². The predicted octanol–water partition coefficient (Wildman–Crippen LogP) is 3.12. The van der Waals surface area contributed by atoms with Crippen LogP contribution in [0.4, 0.5) is 10.6 Å². The number of benzene rings is 1. The van der Waals surface area contributed by atoms with Gasteiger partial charge in [0.2, 0.25) is 0 Å². The van der Waals surface area contributed by atoms with Gasteiger partial charge in [-0.2, -0.15) is 5.10 Å². The molecule has 1 heterocycles. The minimum absolute atomic E-state index is 0.169. The highest BCUT2D eigenvalue weighted by Crippen LogP contribution is 2.30. The maximum atomic E-state index is 11.9. The number of anilines is 1. The van der Waals surface area contributed by atoms with E-state index in [2.05, 4.69) is 15.5 Å². The summed E-state index contributed by atoms with van der Waals surface area (Å²) < 4.78 is 5.16. The Labute approximate surface area is 127 Å². The Morgan fingerprint density at radius 3 is 2.41 bits per heavy atom. The monoisotopic (exact) mass is 303 g/mol. The first-order valence-electron chi connectivity index (χ1n) is 6.65. The van der Waals surface area contributed by atoms with Crippen LogP contribution < -0.4 is 5.32 Å². The van der Waals surface area contributed by atoms with Gasteiger partial charge in [-0.25, -0.2) is 9.59 Å². The van der Waals surface area contributed by atoms with Gasteiger partial charge >= 0.3 is 12.1 Å². The van der Waals surface area contributed by atoms with Crippen LogP contribution >= 0.6 is 0 Å². The van der Waals surface area contributed by atoms with Crippen LogP contribution in [0.2, 0.25) is 0 Å². The molecule has 0 aliphatic heterocycles. The number of carboxylic acids is 1. The quantitative estimate of drug-likeness (QED) is 0.808. The third-order valence-corrected chi connectivity index (χ3v) is 2.66. The van der Waals surface area contributed by atoms with Crippen molar-refractivity contribution in [2.45, 2.75) is 26.4 Å². The SMILES string of the molecule is CC(C)(C)OC(=O)Nc1[nH]nc(C(=O)O)c1-c1ccccc1. The van der Waals surface area contributed by atoms with E-state index in [0.717, 1.165) is 0 Å². The molecule has 0 spiro atoms. The van der Waals surface area contributed by atoms with Crippen molar-refractivity contribution in [3.63, 3.8) is 0 Å². The van der Waals surface area contributed by atoms with E-state index in [0.29, 0.717) is 11.1 Å². The van der Waals surface area contributed by atoms with E-state index >= 15 is 0 Å². The molecule has 7 heteroatoms. The Kier molecular flexibility index (Phi) is 4.16. The van der Waals surface area contributed by atoms with Gasteiger partial charge in [0.15, 0.2) is 5.69 Å². The van der Waals surface area contributed by atoms with Crippen LogP contribution in [0, 0.1) is 0 Å². The zero-order valence-electron chi connectivity index (χ0n) is 12.5. The lowest BCUT2D eigenvalue weighted by Gasteiger charge is -2.19. The molecule has 116 valence electrons. The number of hydrogen-bond donors (Lipinski definition) is 3. The van der Waals surface area contributed by atoms with E-state index in [-0.39, 0.29) is 11.5 Å². The molecule has 0 aliphatic carbocycles. The number of carbonyl (C=O) groups is 2. The molecule has 3 N–H and O–H groups in total. The van der Waals surface area contributed by atoms with Crippen LogP contribution in [0.1, 0.15) is 31.3 Å². The maximum Gasteiger partial charge on any atom is 0.413 e. The minimum Gasteiger partial charge on any atom is -0.476 e. The molecular formula is C15H17N3O4. The summed E-state index contributed by atoms with van der Waals surface area (Å²) in [5.74, 6) is -1.01. The summed E-state index contributed by atoms with van der Waals surface area (Å²) in [5.41, 5.74) is 0.100. The van der Waals surface area contributed by atoms with Crippen molar-refractivity contribution >= 4 is 17.9 Å². The van der Waals surface area contributed by atoms with Crippen molar-refractivity contribution in [3.05, 3.63) is 36.0 Å². The zero-order valence-corrected chi connectivity index (χ0v) is 12.5. The summed E-state index contributed by atoms with van der Waals surface area (Å²) in [6.07, 6.45) is -0.690. The summed E-state index contributed by atoms with van der Waals surface area (Å²) in [6.45, 7) is 5.21. The average molecular weight is 303 g/mol. The lowest BCUT2D eigenvalue weighted by atomic mass is 10.1. The minimum atomic E-state index is -1.19. The number of nitrogens with zero attached hydrogens (tertiary/aromatic N) is 1. The van der Waals surface area contributed by atoms with Crippen molar-refractivity contribution < 1.29 is 19.4 Å². The number of aromatic amines is 1. The molecular weight excluding hydrogens is 286 g/mol. The first kappa shape index (κ1) is 15.6. The topological polar surface area (TPSA) is 104 Å². The van der Waals surface area contributed by atoms with Crippen molar-refractivity contribution in [3.8, 4) is 11.1 Å². The molecule has 22 heavy (non-hydrogen) atoms. The molecule has 1 aromatic heterocycles. The van der Waals surface area contributed by atoms with E-state index in [9.17, 15) is 14.7 Å². The first-order chi connectivity index (χ1) is 10.3. The molecule has 1 amide bonds. The van der Waals surface area contributed by atoms with E-state index in [1.54, 1.807) is 45.0 Å². The summed E-state index contributed by atoms with van der Waals surface area (Å²) in [4.78, 5) is 23.2. The fourth-order valence-electron chi connectivity index (χ4n) is 1.88. The van der Waals surface area contributed by atoms with Gasteiger partial charge in [0.25, 0.3) is 0 Å². The Morgan fingerprint density at radius 1 is 1.23 bits per heavy atom. The smallest absolute Gasteiger partial charge is 0.413 e. The van der Waals surface area contributed by atoms with Crippen LogP contribution in [0.3, 0.4) is 0 Å². The number of rotatable bonds is 3. The molecule has 7 nitrogen and oxygen atoms in total. The van der Waals surface area contributed by atoms with Crippen molar-refractivity contribution in [1.29, 1.82) is 0 Å². The third kappa shape index (κ3) is 3.63. The first-order valence-corrected chi connectivity index (χ1v) is 6.65. The van der Waals surface area contributed by atoms with Gasteiger partial charge in [-0.3, -0.25) is 10.4 Å². The van der Waals surface area contributed by atoms with E-state index in [1.807, 2.05) is 6.07 Å². The normalized spacial score (nSPS) is 11.0. The van der Waals surface area contributed by atoms with Crippen LogP contribution in [-0.2, 0) is 4.74 Å². The number of carbonyl (C=O) groups excluding carboxylic acids is 1. The summed E-state index contributed by atoms with van der Waals surface area (Å²) >= 11 is 0. The molecule has 2 rings (SSSR count). The Hall–Kier alpha value is -2.83. The molecule has 0 fully saturated rings. The summed E-state index contributed by atoms with van der Waals surface area (Å²) in [5, 5.41) is 18.0. The van der Waals surface area contributed by atoms with Crippen LogP contribution in [0.5, 0.6) is 0 Å². The zero-order chi connectivity index (χ0) is 16.3. The number of aromatic carboxylic acids is 1. The molecule has 2 aromatic rings. The average Bonchev–Trinajstić information content (AvgIpc) is 2.81. The summed E-state index contributed by atoms with van der Waals surface area (Å²) in [7, 11) is 0. The third-order valence-electron chi connectivity index (χ3n) is 2.66. The molecule has 1 aromatic carbocycles. The number of ether oxygens (including phenoxy) is 1. The lowest BCUT2D eigenvalue weighted by Crippen LogP contribution is -2.27. The Balaban J connectivity index is 2.37. The van der Waals surface area contributed by atoms with Gasteiger partial charge in [-0.1, -0.05) is 30.3 Å². The van der Waals surface area contributed by atoms with Gasteiger partial charge in [0, 0.05) is 0 Å². The number of aromatic nitrogens is 2. The Bertz CT molecular complexity index is 687. The van der Waals surface area contributed by atoms with Crippen LogP contribution in [-0.4, -0.2) is 33.0 Å². The highest BCUT2D eigenvalue weighted by atomic mass is 16.6. The fourth-order valence-corrected chi connectivity index (χ4v) is 1.88. The standard InChI is InChI=1S/C15H17N3O4/c1-15(2,3)22-14(21)16-12-10(9-7-5-4-6-8-9)11(13(19)20)17-18-12/h4-8H,1-3H3,(H,19,20)(H2,16,17,18,21). The second kappa shape index (κ2) is 5.88. The molecule has 0 saturated heterocycles. The van der Waals surface area contributed by atoms with E-state index in [4.69, 9.17) is 4.74 Å². The maximum absolute atomic E-state index is 11.9. The van der Waals surface area contributed by atoms with Crippen molar-refractivity contribution in [2.75, 3.05) is 5.32 Å². The molecule has 0 radical (unpaired) electrons. The van der Waals surface area contributed by atoms with Gasteiger partial charge in [0.1, 0.15) is 11.4 Å². The number of carboxylic acid groups (broad SMARTS) is 1. The van der Waals surface area contributed by atoms with Gasteiger partial charge in [0.05, 0.1) is 5.56 Å². The highest BCUT2D eigenvalue weighted by Gasteiger charge is 2.23. The van der Waals surface area contributed by atoms with E-state index in [1.165, 1.54) is 0 Å². The fraction of sp³-hybridized carbons (Fsp3) is 0.267. The second-order valence-corrected chi connectivity index (χ2v) is 5.62. The van der Waals surface area contributed by atoms with Crippen LogP contribution in [0.25, 0.3) is 11.1 Å². The predicted molar refractivity (Wildman–Crippen MR) is 80.8 cm³/mol. The number of hydrogen-bond acceptors (Lipinski definition) is 4. The molecule has 0 aliphatic rings. The van der Waals surface area contributed by atoms with Gasteiger partial charge in [-0.15, -0.1) is 0 Å². The number of amides is 1. The number of H-pyrrole nitrogens is 1. The summed E-state index contributed by atoms with van der Waals surface area (Å²) in [6, 6.07) is 8.82. The Morgan fingerprint density at radius 2 is 1.86 bits per heavy atom. The van der Waals surface area contributed by atoms with E-state index < -0.39 is 17.7 Å².